The first kappa shape index (κ1) is 18.8. The molecule has 0 bridgehead atoms. The van der Waals surface area contributed by atoms with Gasteiger partial charge in [-0.05, 0) is 55.2 Å². The van der Waals surface area contributed by atoms with E-state index < -0.39 is 5.91 Å². The van der Waals surface area contributed by atoms with Crippen LogP contribution in [0.3, 0.4) is 0 Å². The fraction of sp³-hybridized carbons (Fsp3) is 0.333. The molecule has 3 rings (SSSR count). The summed E-state index contributed by atoms with van der Waals surface area (Å²) >= 11 is 0. The Balaban J connectivity index is 1.65. The second kappa shape index (κ2) is 8.58. The molecule has 0 aromatic heterocycles. The standard InChI is InChI=1S/C21H25N3O3/c1-15-10-12-24(13-11-15)17-8-6-16(7-9-17)23-21(26)18-4-2-3-5-19(18)27-14-20(22)25/h2-9,15H,10-14H2,1H3,(H2,22,25)(H,23,26). The Labute approximate surface area is 159 Å². The summed E-state index contributed by atoms with van der Waals surface area (Å²) in [5.74, 6) is 0.229. The molecule has 0 unspecified atom stereocenters. The molecule has 0 atom stereocenters. The summed E-state index contributed by atoms with van der Waals surface area (Å²) in [7, 11) is 0. The number of primary amides is 1. The molecule has 1 aliphatic heterocycles. The number of anilines is 2. The molecule has 1 saturated heterocycles. The van der Waals surface area contributed by atoms with Gasteiger partial charge in [-0.25, -0.2) is 0 Å². The summed E-state index contributed by atoms with van der Waals surface area (Å²) in [5, 5.41) is 2.87. The third-order valence-electron chi connectivity index (χ3n) is 4.78. The molecule has 3 N–H and O–H groups in total. The number of nitrogens with zero attached hydrogens (tertiary/aromatic N) is 1. The predicted molar refractivity (Wildman–Crippen MR) is 106 cm³/mol. The zero-order valence-corrected chi connectivity index (χ0v) is 15.5. The maximum atomic E-state index is 12.6. The van der Waals surface area contributed by atoms with Crippen LogP contribution >= 0.6 is 0 Å². The number of nitrogens with two attached hydrogens (primary N) is 1. The van der Waals surface area contributed by atoms with Crippen LogP contribution in [0.2, 0.25) is 0 Å². The van der Waals surface area contributed by atoms with E-state index in [2.05, 4.69) is 17.1 Å². The fourth-order valence-corrected chi connectivity index (χ4v) is 3.15. The molecule has 2 aromatic rings. The first-order valence-electron chi connectivity index (χ1n) is 9.19. The van der Waals surface area contributed by atoms with Gasteiger partial charge in [0.15, 0.2) is 6.61 Å². The highest BCUT2D eigenvalue weighted by molar-refractivity contribution is 6.06. The predicted octanol–water partition coefficient (Wildman–Crippen LogP) is 3.04. The topological polar surface area (TPSA) is 84.7 Å². The van der Waals surface area contributed by atoms with E-state index in [0.29, 0.717) is 17.0 Å². The number of nitrogens with one attached hydrogen (secondary N) is 1. The minimum Gasteiger partial charge on any atom is -0.483 e. The molecule has 6 heteroatoms. The number of carbonyl (C=O) groups is 2. The lowest BCUT2D eigenvalue weighted by Crippen LogP contribution is -2.32. The van der Waals surface area contributed by atoms with Crippen molar-refractivity contribution in [3.8, 4) is 5.75 Å². The van der Waals surface area contributed by atoms with Crippen molar-refractivity contribution in [1.82, 2.24) is 0 Å². The summed E-state index contributed by atoms with van der Waals surface area (Å²) in [4.78, 5) is 25.9. The maximum absolute atomic E-state index is 12.6. The van der Waals surface area contributed by atoms with Crippen molar-refractivity contribution in [2.75, 3.05) is 29.9 Å². The van der Waals surface area contributed by atoms with Crippen LogP contribution in [0, 0.1) is 5.92 Å². The zero-order chi connectivity index (χ0) is 19.2. The number of hydrogen-bond donors (Lipinski definition) is 2. The Hall–Kier alpha value is -3.02. The lowest BCUT2D eigenvalue weighted by atomic mass is 9.99. The van der Waals surface area contributed by atoms with Crippen LogP contribution in [0.15, 0.2) is 48.5 Å². The lowest BCUT2D eigenvalue weighted by molar-refractivity contribution is -0.119. The van der Waals surface area contributed by atoms with Crippen molar-refractivity contribution >= 4 is 23.2 Å². The van der Waals surface area contributed by atoms with E-state index in [4.69, 9.17) is 10.5 Å². The van der Waals surface area contributed by atoms with Crippen LogP contribution < -0.4 is 20.7 Å². The molecule has 6 nitrogen and oxygen atoms in total. The SMILES string of the molecule is CC1CCN(c2ccc(NC(=O)c3ccccc3OCC(N)=O)cc2)CC1. The van der Waals surface area contributed by atoms with Crippen LogP contribution in [0.1, 0.15) is 30.1 Å². The first-order chi connectivity index (χ1) is 13.0. The van der Waals surface area contributed by atoms with Gasteiger partial charge in [-0.1, -0.05) is 19.1 Å². The van der Waals surface area contributed by atoms with Gasteiger partial charge in [0.25, 0.3) is 11.8 Å². The second-order valence-electron chi connectivity index (χ2n) is 6.92. The van der Waals surface area contributed by atoms with E-state index in [-0.39, 0.29) is 12.5 Å². The van der Waals surface area contributed by atoms with Crippen molar-refractivity contribution in [3.63, 3.8) is 0 Å². The van der Waals surface area contributed by atoms with Crippen molar-refractivity contribution in [1.29, 1.82) is 0 Å². The molecule has 1 aliphatic rings. The van der Waals surface area contributed by atoms with Gasteiger partial charge in [-0.3, -0.25) is 9.59 Å². The van der Waals surface area contributed by atoms with Gasteiger partial charge in [0, 0.05) is 24.5 Å². The average Bonchev–Trinajstić information content (AvgIpc) is 2.68. The van der Waals surface area contributed by atoms with Gasteiger partial charge in [0.2, 0.25) is 0 Å². The van der Waals surface area contributed by atoms with Crippen LogP contribution in [-0.4, -0.2) is 31.5 Å². The van der Waals surface area contributed by atoms with Gasteiger partial charge in [-0.15, -0.1) is 0 Å². The molecule has 2 aromatic carbocycles. The van der Waals surface area contributed by atoms with Gasteiger partial charge in [0.05, 0.1) is 5.56 Å². The third-order valence-corrected chi connectivity index (χ3v) is 4.78. The van der Waals surface area contributed by atoms with Gasteiger partial charge >= 0.3 is 0 Å². The molecule has 1 heterocycles. The van der Waals surface area contributed by atoms with Gasteiger partial charge in [0.1, 0.15) is 5.75 Å². The average molecular weight is 367 g/mol. The van der Waals surface area contributed by atoms with E-state index in [1.807, 2.05) is 24.3 Å². The number of rotatable bonds is 6. The highest BCUT2D eigenvalue weighted by Crippen LogP contribution is 2.25. The first-order valence-corrected chi connectivity index (χ1v) is 9.19. The Morgan fingerprint density at radius 3 is 2.44 bits per heavy atom. The smallest absolute Gasteiger partial charge is 0.259 e. The van der Waals surface area contributed by atoms with Crippen LogP contribution in [0.25, 0.3) is 0 Å². The Bertz CT molecular complexity index is 797. The van der Waals surface area contributed by atoms with E-state index in [0.717, 1.165) is 19.0 Å². The molecule has 0 spiro atoms. The molecule has 0 saturated carbocycles. The molecular weight excluding hydrogens is 342 g/mol. The number of carbonyl (C=O) groups excluding carboxylic acids is 2. The second-order valence-corrected chi connectivity index (χ2v) is 6.92. The number of benzene rings is 2. The molecule has 0 radical (unpaired) electrons. The van der Waals surface area contributed by atoms with Crippen molar-refractivity contribution in [2.45, 2.75) is 19.8 Å². The van der Waals surface area contributed by atoms with Crippen molar-refractivity contribution < 1.29 is 14.3 Å². The molecule has 2 amide bonds. The summed E-state index contributed by atoms with van der Waals surface area (Å²) in [6, 6.07) is 14.6. The monoisotopic (exact) mass is 367 g/mol. The van der Waals surface area contributed by atoms with Gasteiger partial charge in [-0.2, -0.15) is 0 Å². The van der Waals surface area contributed by atoms with Gasteiger partial charge < -0.3 is 20.7 Å². The normalized spacial score (nSPS) is 14.6. The minimum atomic E-state index is -0.590. The highest BCUT2D eigenvalue weighted by Gasteiger charge is 2.16. The van der Waals surface area contributed by atoms with Crippen molar-refractivity contribution in [2.24, 2.45) is 11.7 Å². The minimum absolute atomic E-state index is 0.270. The summed E-state index contributed by atoms with van der Waals surface area (Å²) < 4.78 is 5.32. The lowest BCUT2D eigenvalue weighted by Gasteiger charge is -2.32. The van der Waals surface area contributed by atoms with E-state index in [1.54, 1.807) is 24.3 Å². The molecule has 1 fully saturated rings. The molecular formula is C21H25N3O3. The highest BCUT2D eigenvalue weighted by atomic mass is 16.5. The van der Waals surface area contributed by atoms with Crippen LogP contribution in [0.5, 0.6) is 5.75 Å². The number of amides is 2. The number of piperidine rings is 1. The fourth-order valence-electron chi connectivity index (χ4n) is 3.15. The Morgan fingerprint density at radius 1 is 1.11 bits per heavy atom. The number of hydrogen-bond acceptors (Lipinski definition) is 4. The van der Waals surface area contributed by atoms with E-state index in [9.17, 15) is 9.59 Å². The largest absolute Gasteiger partial charge is 0.483 e. The van der Waals surface area contributed by atoms with Crippen LogP contribution in [-0.2, 0) is 4.79 Å². The molecule has 0 aliphatic carbocycles. The Kier molecular flexibility index (Phi) is 5.96. The summed E-state index contributed by atoms with van der Waals surface area (Å²) in [5.41, 5.74) is 7.34. The Morgan fingerprint density at radius 2 is 1.78 bits per heavy atom. The van der Waals surface area contributed by atoms with Crippen molar-refractivity contribution in [3.05, 3.63) is 54.1 Å². The number of ether oxygens (including phenoxy) is 1. The summed E-state index contributed by atoms with van der Waals surface area (Å²) in [6.45, 7) is 4.16. The maximum Gasteiger partial charge on any atom is 0.259 e. The molecule has 27 heavy (non-hydrogen) atoms. The van der Waals surface area contributed by atoms with E-state index in [1.165, 1.54) is 18.5 Å². The molecule has 142 valence electrons. The zero-order valence-electron chi connectivity index (χ0n) is 15.5. The third kappa shape index (κ3) is 5.00. The summed E-state index contributed by atoms with van der Waals surface area (Å²) in [6.07, 6.45) is 2.42. The van der Waals surface area contributed by atoms with Crippen LogP contribution in [0.4, 0.5) is 11.4 Å². The quantitative estimate of drug-likeness (QED) is 0.822. The van der Waals surface area contributed by atoms with E-state index >= 15 is 0 Å². The number of para-hydroxylation sites is 1.